The van der Waals surface area contributed by atoms with Gasteiger partial charge in [0.2, 0.25) is 0 Å². The van der Waals surface area contributed by atoms with Crippen molar-refractivity contribution >= 4 is 17.1 Å². The monoisotopic (exact) mass is 178 g/mol. The Morgan fingerprint density at radius 2 is 2.31 bits per heavy atom. The van der Waals surface area contributed by atoms with E-state index in [4.69, 9.17) is 5.21 Å². The third-order valence-corrected chi connectivity index (χ3v) is 1.87. The van der Waals surface area contributed by atoms with E-state index in [-0.39, 0.29) is 5.82 Å². The summed E-state index contributed by atoms with van der Waals surface area (Å²) in [4.78, 5) is 2.93. The van der Waals surface area contributed by atoms with Gasteiger partial charge in [-0.05, 0) is 18.2 Å². The first-order chi connectivity index (χ1) is 6.31. The molecule has 2 aromatic rings. The molecule has 0 unspecified atom stereocenters. The highest BCUT2D eigenvalue weighted by Crippen LogP contribution is 2.17. The molecule has 2 N–H and O–H groups in total. The Kier molecular flexibility index (Phi) is 1.73. The van der Waals surface area contributed by atoms with E-state index >= 15 is 0 Å². The first-order valence-corrected chi connectivity index (χ1v) is 3.75. The van der Waals surface area contributed by atoms with Gasteiger partial charge in [-0.1, -0.05) is 5.16 Å². The topological polar surface area (TPSA) is 48.4 Å². The third kappa shape index (κ3) is 1.26. The van der Waals surface area contributed by atoms with Crippen LogP contribution in [0.25, 0.3) is 10.9 Å². The molecule has 0 aliphatic carbocycles. The van der Waals surface area contributed by atoms with Crippen LogP contribution >= 0.6 is 0 Å². The zero-order chi connectivity index (χ0) is 9.26. The van der Waals surface area contributed by atoms with Gasteiger partial charge in [-0.3, -0.25) is 0 Å². The smallest absolute Gasteiger partial charge is 0.123 e. The lowest BCUT2D eigenvalue weighted by Gasteiger charge is -1.90. The second-order valence-electron chi connectivity index (χ2n) is 2.68. The zero-order valence-electron chi connectivity index (χ0n) is 6.66. The molecule has 4 heteroatoms. The molecule has 0 saturated carbocycles. The van der Waals surface area contributed by atoms with Gasteiger partial charge >= 0.3 is 0 Å². The van der Waals surface area contributed by atoms with Gasteiger partial charge in [0.05, 0.1) is 6.21 Å². The summed E-state index contributed by atoms with van der Waals surface area (Å²) in [7, 11) is 0. The summed E-state index contributed by atoms with van der Waals surface area (Å²) >= 11 is 0. The molecule has 0 fully saturated rings. The molecule has 1 aromatic carbocycles. The lowest BCUT2D eigenvalue weighted by atomic mass is 10.2. The van der Waals surface area contributed by atoms with Crippen LogP contribution in [0.5, 0.6) is 0 Å². The number of oxime groups is 1. The molecule has 0 radical (unpaired) electrons. The lowest BCUT2D eigenvalue weighted by molar-refractivity contribution is 0.322. The molecule has 0 saturated heterocycles. The predicted octanol–water partition coefficient (Wildman–Crippen LogP) is 2.12. The normalized spacial score (nSPS) is 11.5. The van der Waals surface area contributed by atoms with Crippen molar-refractivity contribution in [3.8, 4) is 0 Å². The minimum atomic E-state index is -0.306. The molecule has 0 amide bonds. The SMILES string of the molecule is O/N=C\c1c[nH]c2ccc(F)cc12. The standard InChI is InChI=1S/C9H7FN2O/c10-7-1-2-9-8(3-7)6(4-11-9)5-12-13/h1-5,11,13H/b12-5-. The maximum atomic E-state index is 12.8. The second kappa shape index (κ2) is 2.90. The van der Waals surface area contributed by atoms with Crippen molar-refractivity contribution in [1.29, 1.82) is 0 Å². The first-order valence-electron chi connectivity index (χ1n) is 3.75. The van der Waals surface area contributed by atoms with Crippen molar-refractivity contribution in [2.45, 2.75) is 0 Å². The number of hydrogen-bond acceptors (Lipinski definition) is 2. The molecule has 0 aliphatic rings. The highest BCUT2D eigenvalue weighted by atomic mass is 19.1. The van der Waals surface area contributed by atoms with Crippen LogP contribution < -0.4 is 0 Å². The van der Waals surface area contributed by atoms with Crippen molar-refractivity contribution in [2.24, 2.45) is 5.16 Å². The van der Waals surface area contributed by atoms with Gasteiger partial charge in [-0.25, -0.2) is 4.39 Å². The van der Waals surface area contributed by atoms with Crippen molar-refractivity contribution in [1.82, 2.24) is 4.98 Å². The van der Waals surface area contributed by atoms with Gasteiger partial charge in [0, 0.05) is 22.7 Å². The van der Waals surface area contributed by atoms with E-state index in [2.05, 4.69) is 10.1 Å². The molecule has 13 heavy (non-hydrogen) atoms. The van der Waals surface area contributed by atoms with Crippen LogP contribution in [-0.2, 0) is 0 Å². The van der Waals surface area contributed by atoms with E-state index < -0.39 is 0 Å². The van der Waals surface area contributed by atoms with Crippen molar-refractivity contribution in [3.63, 3.8) is 0 Å². The molecule has 0 spiro atoms. The molecule has 1 heterocycles. The van der Waals surface area contributed by atoms with Crippen molar-refractivity contribution < 1.29 is 9.60 Å². The number of nitrogens with zero attached hydrogens (tertiary/aromatic N) is 1. The Labute approximate surface area is 73.5 Å². The second-order valence-corrected chi connectivity index (χ2v) is 2.68. The molecule has 0 aliphatic heterocycles. The maximum absolute atomic E-state index is 12.8. The average Bonchev–Trinajstić information content (AvgIpc) is 2.49. The van der Waals surface area contributed by atoms with E-state index in [1.165, 1.54) is 18.3 Å². The summed E-state index contributed by atoms with van der Waals surface area (Å²) in [5.74, 6) is -0.306. The molecule has 3 nitrogen and oxygen atoms in total. The summed E-state index contributed by atoms with van der Waals surface area (Å²) in [6.07, 6.45) is 2.92. The minimum absolute atomic E-state index is 0.306. The van der Waals surface area contributed by atoms with E-state index in [1.54, 1.807) is 12.3 Å². The number of aromatic amines is 1. The summed E-state index contributed by atoms with van der Waals surface area (Å²) in [5.41, 5.74) is 1.48. The minimum Gasteiger partial charge on any atom is -0.411 e. The van der Waals surface area contributed by atoms with Gasteiger partial charge in [0.15, 0.2) is 0 Å². The summed E-state index contributed by atoms with van der Waals surface area (Å²) in [6.45, 7) is 0. The molecule has 1 aromatic heterocycles. The van der Waals surface area contributed by atoms with Crippen LogP contribution in [-0.4, -0.2) is 16.4 Å². The zero-order valence-corrected chi connectivity index (χ0v) is 6.66. The number of H-pyrrole nitrogens is 1. The van der Waals surface area contributed by atoms with E-state index in [1.807, 2.05) is 0 Å². The Hall–Kier alpha value is -1.84. The number of hydrogen-bond donors (Lipinski definition) is 2. The van der Waals surface area contributed by atoms with E-state index in [0.29, 0.717) is 10.9 Å². The van der Waals surface area contributed by atoms with Crippen LogP contribution in [0.3, 0.4) is 0 Å². The molecular formula is C9H7FN2O. The van der Waals surface area contributed by atoms with Crippen LogP contribution in [0.4, 0.5) is 4.39 Å². The van der Waals surface area contributed by atoms with Gasteiger partial charge in [-0.15, -0.1) is 0 Å². The van der Waals surface area contributed by atoms with Crippen LogP contribution in [0.15, 0.2) is 29.6 Å². The third-order valence-electron chi connectivity index (χ3n) is 1.87. The van der Waals surface area contributed by atoms with Gasteiger partial charge in [-0.2, -0.15) is 0 Å². The van der Waals surface area contributed by atoms with Crippen molar-refractivity contribution in [3.05, 3.63) is 35.8 Å². The Balaban J connectivity index is 2.71. The molecule has 0 atom stereocenters. The number of nitrogens with one attached hydrogen (secondary N) is 1. The Bertz CT molecular complexity index is 462. The quantitative estimate of drug-likeness (QED) is 0.392. The van der Waals surface area contributed by atoms with Gasteiger partial charge in [0.25, 0.3) is 0 Å². The van der Waals surface area contributed by atoms with E-state index in [0.717, 1.165) is 5.52 Å². The molecule has 66 valence electrons. The van der Waals surface area contributed by atoms with Crippen LogP contribution in [0.1, 0.15) is 5.56 Å². The Morgan fingerprint density at radius 3 is 3.08 bits per heavy atom. The number of benzene rings is 1. The number of fused-ring (bicyclic) bond motifs is 1. The van der Waals surface area contributed by atoms with Crippen molar-refractivity contribution in [2.75, 3.05) is 0 Å². The summed E-state index contributed by atoms with van der Waals surface area (Å²) in [6, 6.07) is 4.40. The fraction of sp³-hybridized carbons (Fsp3) is 0. The summed E-state index contributed by atoms with van der Waals surface area (Å²) in [5, 5.41) is 11.9. The average molecular weight is 178 g/mol. The molecule has 2 rings (SSSR count). The molecular weight excluding hydrogens is 171 g/mol. The fourth-order valence-corrected chi connectivity index (χ4v) is 1.28. The predicted molar refractivity (Wildman–Crippen MR) is 47.6 cm³/mol. The largest absolute Gasteiger partial charge is 0.411 e. The number of aromatic nitrogens is 1. The summed E-state index contributed by atoms with van der Waals surface area (Å²) < 4.78 is 12.8. The fourth-order valence-electron chi connectivity index (χ4n) is 1.28. The van der Waals surface area contributed by atoms with E-state index in [9.17, 15) is 4.39 Å². The van der Waals surface area contributed by atoms with Gasteiger partial charge in [0.1, 0.15) is 5.82 Å². The Morgan fingerprint density at radius 1 is 1.46 bits per heavy atom. The lowest BCUT2D eigenvalue weighted by Crippen LogP contribution is -1.78. The van der Waals surface area contributed by atoms with Crippen LogP contribution in [0.2, 0.25) is 0 Å². The van der Waals surface area contributed by atoms with Crippen LogP contribution in [0, 0.1) is 5.82 Å². The van der Waals surface area contributed by atoms with Gasteiger partial charge < -0.3 is 10.2 Å². The highest BCUT2D eigenvalue weighted by Gasteiger charge is 2.01. The maximum Gasteiger partial charge on any atom is 0.123 e. The number of rotatable bonds is 1. The molecule has 0 bridgehead atoms. The highest BCUT2D eigenvalue weighted by molar-refractivity contribution is 5.98. The first kappa shape index (κ1) is 7.79. The number of halogens is 1.